The highest BCUT2D eigenvalue weighted by Crippen LogP contribution is 2.29. The number of aryl methyl sites for hydroxylation is 1. The molecule has 0 bridgehead atoms. The van der Waals surface area contributed by atoms with Crippen LogP contribution in [0.4, 0.5) is 5.69 Å². The van der Waals surface area contributed by atoms with Gasteiger partial charge in [0.25, 0.3) is 10.0 Å². The summed E-state index contributed by atoms with van der Waals surface area (Å²) in [6.07, 6.45) is 1.27. The van der Waals surface area contributed by atoms with Gasteiger partial charge in [0.05, 0.1) is 16.4 Å². The van der Waals surface area contributed by atoms with Gasteiger partial charge in [-0.2, -0.15) is 0 Å². The summed E-state index contributed by atoms with van der Waals surface area (Å²) in [5, 5.41) is 9.12. The van der Waals surface area contributed by atoms with Gasteiger partial charge in [-0.15, -0.1) is 11.3 Å². The average molecular weight is 412 g/mol. The number of hydrogen-bond acceptors (Lipinski definition) is 5. The first kappa shape index (κ1) is 16.2. The fourth-order valence-electron chi connectivity index (χ4n) is 1.52. The molecule has 0 fully saturated rings. The minimum absolute atomic E-state index is 0.0386. The van der Waals surface area contributed by atoms with Crippen LogP contribution in [0, 0.1) is 6.92 Å². The molecule has 0 amide bonds. The lowest BCUT2D eigenvalue weighted by molar-refractivity contribution is 0.0702. The van der Waals surface area contributed by atoms with Gasteiger partial charge < -0.3 is 5.11 Å². The Morgan fingerprint density at radius 1 is 1.48 bits per heavy atom. The molecule has 21 heavy (non-hydrogen) atoms. The molecular formula is C11H8BrClN2O4S2. The van der Waals surface area contributed by atoms with Crippen LogP contribution in [0.2, 0.25) is 5.15 Å². The maximum absolute atomic E-state index is 12.3. The molecule has 2 aromatic rings. The molecule has 0 radical (unpaired) electrons. The number of anilines is 1. The zero-order chi connectivity index (χ0) is 15.8. The first-order valence-corrected chi connectivity index (χ1v) is 8.85. The van der Waals surface area contributed by atoms with Crippen LogP contribution in [0.3, 0.4) is 0 Å². The van der Waals surface area contributed by atoms with Crippen molar-refractivity contribution in [3.8, 4) is 0 Å². The smallest absolute Gasteiger partial charge is 0.345 e. The molecule has 0 saturated heterocycles. The van der Waals surface area contributed by atoms with Gasteiger partial charge in [-0.3, -0.25) is 4.72 Å². The predicted octanol–water partition coefficient (Wildman–Crippen LogP) is 3.37. The Hall–Kier alpha value is -1.16. The van der Waals surface area contributed by atoms with Crippen molar-refractivity contribution in [3.63, 3.8) is 0 Å². The Labute approximate surface area is 138 Å². The van der Waals surface area contributed by atoms with Crippen LogP contribution in [0.25, 0.3) is 0 Å². The summed E-state index contributed by atoms with van der Waals surface area (Å²) >= 11 is 9.78. The van der Waals surface area contributed by atoms with Crippen molar-refractivity contribution in [2.45, 2.75) is 11.8 Å². The predicted molar refractivity (Wildman–Crippen MR) is 83.8 cm³/mol. The van der Waals surface area contributed by atoms with Gasteiger partial charge in [0.15, 0.2) is 0 Å². The summed E-state index contributed by atoms with van der Waals surface area (Å²) < 4.78 is 27.3. The van der Waals surface area contributed by atoms with Crippen LogP contribution in [-0.2, 0) is 10.0 Å². The second-order valence-electron chi connectivity index (χ2n) is 3.94. The number of carboxylic acids is 1. The maximum Gasteiger partial charge on any atom is 0.345 e. The molecule has 112 valence electrons. The molecule has 2 N–H and O–H groups in total. The third-order valence-electron chi connectivity index (χ3n) is 2.42. The molecule has 0 atom stereocenters. The van der Waals surface area contributed by atoms with E-state index in [1.807, 2.05) is 0 Å². The Bertz CT molecular complexity index is 820. The van der Waals surface area contributed by atoms with Gasteiger partial charge in [-0.05, 0) is 35.0 Å². The van der Waals surface area contributed by atoms with E-state index in [9.17, 15) is 13.2 Å². The number of sulfonamides is 1. The van der Waals surface area contributed by atoms with Crippen LogP contribution < -0.4 is 4.72 Å². The lowest BCUT2D eigenvalue weighted by atomic mass is 10.4. The summed E-state index contributed by atoms with van der Waals surface area (Å²) in [5.74, 6) is -1.17. The van der Waals surface area contributed by atoms with E-state index in [0.717, 1.165) is 17.4 Å². The van der Waals surface area contributed by atoms with E-state index in [1.54, 1.807) is 6.92 Å². The first-order chi connectivity index (χ1) is 9.70. The van der Waals surface area contributed by atoms with Gasteiger partial charge in [0.1, 0.15) is 14.9 Å². The number of nitrogens with one attached hydrogen (secondary N) is 1. The number of nitrogens with zero attached hydrogens (tertiary/aromatic N) is 1. The van der Waals surface area contributed by atoms with Crippen LogP contribution in [0.5, 0.6) is 0 Å². The van der Waals surface area contributed by atoms with Crippen LogP contribution in [0.1, 0.15) is 14.5 Å². The molecule has 0 unspecified atom stereocenters. The van der Waals surface area contributed by atoms with Gasteiger partial charge in [-0.1, -0.05) is 11.6 Å². The summed E-state index contributed by atoms with van der Waals surface area (Å²) in [6.45, 7) is 1.54. The highest BCUT2D eigenvalue weighted by Gasteiger charge is 2.22. The number of aromatic carboxylic acids is 1. The molecule has 2 aromatic heterocycles. The van der Waals surface area contributed by atoms with Gasteiger partial charge in [-0.25, -0.2) is 18.2 Å². The van der Waals surface area contributed by atoms with E-state index >= 15 is 0 Å². The van der Waals surface area contributed by atoms with Crippen molar-refractivity contribution >= 4 is 60.5 Å². The minimum Gasteiger partial charge on any atom is -0.477 e. The topological polar surface area (TPSA) is 96.4 Å². The number of pyridine rings is 1. The third-order valence-corrected chi connectivity index (χ3v) is 6.23. The molecule has 2 rings (SSSR count). The number of carbonyl (C=O) groups is 1. The van der Waals surface area contributed by atoms with Crippen molar-refractivity contribution in [1.29, 1.82) is 0 Å². The van der Waals surface area contributed by atoms with Crippen molar-refractivity contribution in [3.05, 3.63) is 37.7 Å². The second kappa shape index (κ2) is 5.91. The second-order valence-corrected chi connectivity index (χ2v) is 8.06. The first-order valence-electron chi connectivity index (χ1n) is 5.38. The zero-order valence-electron chi connectivity index (χ0n) is 10.4. The molecule has 0 aliphatic carbocycles. The zero-order valence-corrected chi connectivity index (χ0v) is 14.4. The van der Waals surface area contributed by atoms with Crippen LogP contribution >= 0.6 is 38.9 Å². The Morgan fingerprint density at radius 2 is 2.14 bits per heavy atom. The molecule has 6 nitrogen and oxygen atoms in total. The fourth-order valence-corrected chi connectivity index (χ4v) is 4.44. The van der Waals surface area contributed by atoms with Crippen molar-refractivity contribution in [2.75, 3.05) is 4.72 Å². The normalized spacial score (nSPS) is 11.4. The average Bonchev–Trinajstić information content (AvgIpc) is 2.77. The van der Waals surface area contributed by atoms with Gasteiger partial charge in [0.2, 0.25) is 0 Å². The lowest BCUT2D eigenvalue weighted by Crippen LogP contribution is -2.13. The van der Waals surface area contributed by atoms with E-state index in [0.29, 0.717) is 9.35 Å². The number of hydrogen-bond donors (Lipinski definition) is 2. The number of thiophene rings is 1. The lowest BCUT2D eigenvalue weighted by Gasteiger charge is -2.07. The molecule has 0 aliphatic heterocycles. The molecule has 10 heteroatoms. The highest BCUT2D eigenvalue weighted by atomic mass is 79.9. The number of rotatable bonds is 4. The van der Waals surface area contributed by atoms with E-state index in [1.165, 1.54) is 12.3 Å². The molecule has 0 spiro atoms. The summed E-state index contributed by atoms with van der Waals surface area (Å²) in [4.78, 5) is 15.0. The number of halogens is 2. The summed E-state index contributed by atoms with van der Waals surface area (Å²) in [6, 6.07) is 2.59. The van der Waals surface area contributed by atoms with Crippen LogP contribution in [-0.4, -0.2) is 24.5 Å². The van der Waals surface area contributed by atoms with Gasteiger partial charge in [0, 0.05) is 4.88 Å². The van der Waals surface area contributed by atoms with Crippen molar-refractivity contribution in [2.24, 2.45) is 0 Å². The largest absolute Gasteiger partial charge is 0.477 e. The summed E-state index contributed by atoms with van der Waals surface area (Å²) in [5.41, 5.74) is 0.216. The standard InChI is InChI=1S/C11H8BrClN2O4S2/c1-5-9(3-8(20-5)11(16)17)21(18,19)15-6-2-7(12)10(13)14-4-6/h2-4,15H,1H3,(H,16,17). The van der Waals surface area contributed by atoms with Crippen LogP contribution in [0.15, 0.2) is 27.7 Å². The highest BCUT2D eigenvalue weighted by molar-refractivity contribution is 9.10. The molecule has 0 saturated carbocycles. The van der Waals surface area contributed by atoms with E-state index in [-0.39, 0.29) is 20.6 Å². The molecule has 2 heterocycles. The van der Waals surface area contributed by atoms with Gasteiger partial charge >= 0.3 is 5.97 Å². The van der Waals surface area contributed by atoms with Crippen molar-refractivity contribution < 1.29 is 18.3 Å². The monoisotopic (exact) mass is 410 g/mol. The minimum atomic E-state index is -3.89. The quantitative estimate of drug-likeness (QED) is 0.752. The number of carboxylic acid groups (broad SMARTS) is 1. The Morgan fingerprint density at radius 3 is 2.67 bits per heavy atom. The van der Waals surface area contributed by atoms with Crippen molar-refractivity contribution in [1.82, 2.24) is 4.98 Å². The molecule has 0 aromatic carbocycles. The Balaban J connectivity index is 2.38. The SMILES string of the molecule is Cc1sc(C(=O)O)cc1S(=O)(=O)Nc1cnc(Cl)c(Br)c1. The van der Waals surface area contributed by atoms with E-state index in [2.05, 4.69) is 25.6 Å². The third kappa shape index (κ3) is 3.54. The van der Waals surface area contributed by atoms with E-state index < -0.39 is 16.0 Å². The Kier molecular flexibility index (Phi) is 4.57. The molecular weight excluding hydrogens is 404 g/mol. The molecule has 0 aliphatic rings. The maximum atomic E-state index is 12.3. The summed E-state index contributed by atoms with van der Waals surface area (Å²) in [7, 11) is -3.89. The fraction of sp³-hybridized carbons (Fsp3) is 0.0909. The number of aromatic nitrogens is 1. The van der Waals surface area contributed by atoms with E-state index in [4.69, 9.17) is 16.7 Å².